The molecule has 3 aromatic carbocycles. The molecule has 3 aromatic rings. The Balaban J connectivity index is 1.61. The summed E-state index contributed by atoms with van der Waals surface area (Å²) in [6.07, 6.45) is 1.09. The summed E-state index contributed by atoms with van der Waals surface area (Å²) in [5, 5.41) is 15.3. The second-order valence-electron chi connectivity index (χ2n) is 6.86. The molecule has 0 bridgehead atoms. The van der Waals surface area contributed by atoms with E-state index in [0.29, 0.717) is 5.75 Å². The molecule has 0 saturated carbocycles. The molecule has 0 radical (unpaired) electrons. The molecule has 0 atom stereocenters. The third-order valence-corrected chi connectivity index (χ3v) is 4.49. The second kappa shape index (κ2) is 11.2. The minimum atomic E-state index is -0.697. The Morgan fingerprint density at radius 1 is 1.03 bits per heavy atom. The van der Waals surface area contributed by atoms with E-state index in [1.807, 2.05) is 42.5 Å². The van der Waals surface area contributed by atoms with E-state index in [1.165, 1.54) is 19.2 Å². The molecule has 0 fully saturated rings. The number of nitro groups is 1. The topological polar surface area (TPSA) is 129 Å². The van der Waals surface area contributed by atoms with Crippen molar-refractivity contribution in [3.8, 4) is 28.4 Å². The van der Waals surface area contributed by atoms with E-state index in [0.717, 1.165) is 24.3 Å². The Morgan fingerprint density at radius 2 is 1.71 bits per heavy atom. The summed E-state index contributed by atoms with van der Waals surface area (Å²) >= 11 is 0. The number of ether oxygens (including phenoxy) is 3. The van der Waals surface area contributed by atoms with Gasteiger partial charge in [0.15, 0.2) is 12.4 Å². The highest BCUT2D eigenvalue weighted by atomic mass is 16.6. The van der Waals surface area contributed by atoms with Gasteiger partial charge in [-0.25, -0.2) is 5.43 Å². The zero-order chi connectivity index (χ0) is 24.5. The Hall–Kier alpha value is -4.73. The first-order chi connectivity index (χ1) is 16.4. The normalized spacial score (nSPS) is 10.5. The van der Waals surface area contributed by atoms with Gasteiger partial charge >= 0.3 is 11.7 Å². The lowest BCUT2D eigenvalue weighted by Crippen LogP contribution is -2.24. The Labute approximate surface area is 194 Å². The van der Waals surface area contributed by atoms with Gasteiger partial charge in [-0.2, -0.15) is 5.10 Å². The van der Waals surface area contributed by atoms with Crippen molar-refractivity contribution < 1.29 is 28.7 Å². The van der Waals surface area contributed by atoms with Crippen molar-refractivity contribution >= 4 is 23.8 Å². The van der Waals surface area contributed by atoms with Crippen LogP contribution in [0.5, 0.6) is 17.2 Å². The summed E-state index contributed by atoms with van der Waals surface area (Å²) in [6.45, 7) is 0.856. The second-order valence-corrected chi connectivity index (χ2v) is 6.86. The van der Waals surface area contributed by atoms with Gasteiger partial charge < -0.3 is 14.2 Å². The molecule has 0 aliphatic rings. The molecule has 0 saturated heterocycles. The summed E-state index contributed by atoms with van der Waals surface area (Å²) in [4.78, 5) is 34.1. The van der Waals surface area contributed by atoms with Crippen molar-refractivity contribution in [1.82, 2.24) is 5.43 Å². The van der Waals surface area contributed by atoms with Crippen molar-refractivity contribution in [2.45, 2.75) is 6.92 Å². The van der Waals surface area contributed by atoms with E-state index in [9.17, 15) is 19.7 Å². The van der Waals surface area contributed by atoms with Gasteiger partial charge in [0, 0.05) is 6.92 Å². The van der Waals surface area contributed by atoms with E-state index < -0.39 is 22.5 Å². The molecular weight excluding hydrogens is 442 g/mol. The van der Waals surface area contributed by atoms with Crippen LogP contribution >= 0.6 is 0 Å². The van der Waals surface area contributed by atoms with Crippen LogP contribution in [0.1, 0.15) is 12.5 Å². The molecule has 0 heterocycles. The Kier molecular flexibility index (Phi) is 7.90. The summed E-state index contributed by atoms with van der Waals surface area (Å²) in [5.41, 5.74) is 3.89. The van der Waals surface area contributed by atoms with Crippen molar-refractivity contribution in [3.63, 3.8) is 0 Å². The van der Waals surface area contributed by atoms with Crippen molar-refractivity contribution in [2.24, 2.45) is 5.10 Å². The number of carbonyl (C=O) groups is 2. The number of hydrogen-bond donors (Lipinski definition) is 1. The molecule has 0 spiro atoms. The minimum absolute atomic E-state index is 0.0375. The van der Waals surface area contributed by atoms with Gasteiger partial charge in [0.1, 0.15) is 5.75 Å². The molecule has 0 aliphatic heterocycles. The van der Waals surface area contributed by atoms with Crippen LogP contribution in [0, 0.1) is 10.1 Å². The van der Waals surface area contributed by atoms with E-state index in [2.05, 4.69) is 10.5 Å². The Bertz CT molecular complexity index is 1210. The van der Waals surface area contributed by atoms with Crippen LogP contribution in [0.15, 0.2) is 71.8 Å². The molecule has 1 amide bonds. The van der Waals surface area contributed by atoms with Crippen molar-refractivity contribution in [2.75, 3.05) is 13.7 Å². The zero-order valence-electron chi connectivity index (χ0n) is 18.4. The Morgan fingerprint density at radius 3 is 2.32 bits per heavy atom. The largest absolute Gasteiger partial charge is 0.488 e. The van der Waals surface area contributed by atoms with Gasteiger partial charge in [-0.3, -0.25) is 19.7 Å². The number of carbonyl (C=O) groups excluding carboxylic acids is 2. The third kappa shape index (κ3) is 6.16. The highest BCUT2D eigenvalue weighted by molar-refractivity contribution is 5.90. The number of methoxy groups -OCH3 is 1. The highest BCUT2D eigenvalue weighted by Crippen LogP contribution is 2.39. The van der Waals surface area contributed by atoms with Crippen LogP contribution in [0.25, 0.3) is 11.1 Å². The number of nitro benzene ring substituents is 1. The maximum Gasteiger partial charge on any atom is 0.323 e. The van der Waals surface area contributed by atoms with Crippen LogP contribution in [0.4, 0.5) is 5.69 Å². The van der Waals surface area contributed by atoms with E-state index in [1.54, 1.807) is 12.1 Å². The molecule has 0 unspecified atom stereocenters. The number of amides is 1. The zero-order valence-corrected chi connectivity index (χ0v) is 18.4. The van der Waals surface area contributed by atoms with Crippen molar-refractivity contribution in [3.05, 3.63) is 82.4 Å². The monoisotopic (exact) mass is 463 g/mol. The van der Waals surface area contributed by atoms with Gasteiger partial charge in [-0.15, -0.1) is 0 Å². The number of hydrazone groups is 1. The van der Waals surface area contributed by atoms with E-state index >= 15 is 0 Å². The van der Waals surface area contributed by atoms with Gasteiger partial charge in [0.2, 0.25) is 5.75 Å². The van der Waals surface area contributed by atoms with Crippen LogP contribution in [0.3, 0.4) is 0 Å². The molecule has 10 nitrogen and oxygen atoms in total. The average Bonchev–Trinajstić information content (AvgIpc) is 2.83. The van der Waals surface area contributed by atoms with Crippen LogP contribution < -0.4 is 19.6 Å². The third-order valence-electron chi connectivity index (χ3n) is 4.49. The van der Waals surface area contributed by atoms with Crippen LogP contribution in [-0.2, 0) is 9.59 Å². The summed E-state index contributed by atoms with van der Waals surface area (Å²) < 4.78 is 15.4. The van der Waals surface area contributed by atoms with Gasteiger partial charge in [-0.05, 0) is 35.4 Å². The fourth-order valence-corrected chi connectivity index (χ4v) is 3.02. The summed E-state index contributed by atoms with van der Waals surface area (Å²) in [5.74, 6) is -1.06. The fraction of sp³-hybridized carbons (Fsp3) is 0.125. The summed E-state index contributed by atoms with van der Waals surface area (Å²) in [6, 6.07) is 19.7. The van der Waals surface area contributed by atoms with Crippen LogP contribution in [-0.4, -0.2) is 36.7 Å². The van der Waals surface area contributed by atoms with E-state index in [-0.39, 0.29) is 23.7 Å². The van der Waals surface area contributed by atoms with Gasteiger partial charge in [-0.1, -0.05) is 42.5 Å². The lowest BCUT2D eigenvalue weighted by atomic mass is 10.1. The van der Waals surface area contributed by atoms with Gasteiger partial charge in [0.05, 0.1) is 23.8 Å². The van der Waals surface area contributed by atoms with Gasteiger partial charge in [0.25, 0.3) is 5.91 Å². The fourth-order valence-electron chi connectivity index (χ4n) is 3.02. The molecular formula is C24H21N3O7. The quantitative estimate of drug-likeness (QED) is 0.168. The first-order valence-corrected chi connectivity index (χ1v) is 10.0. The number of rotatable bonds is 9. The molecule has 174 valence electrons. The first kappa shape index (κ1) is 23.9. The van der Waals surface area contributed by atoms with Crippen LogP contribution in [0.2, 0.25) is 0 Å². The number of benzene rings is 3. The molecule has 3 rings (SSSR count). The maximum absolute atomic E-state index is 12.0. The minimum Gasteiger partial charge on any atom is -0.488 e. The predicted molar refractivity (Wildman–Crippen MR) is 124 cm³/mol. The maximum atomic E-state index is 12.0. The molecule has 10 heteroatoms. The number of esters is 1. The lowest BCUT2D eigenvalue weighted by molar-refractivity contribution is -0.385. The smallest absolute Gasteiger partial charge is 0.323 e. The van der Waals surface area contributed by atoms with E-state index in [4.69, 9.17) is 14.2 Å². The lowest BCUT2D eigenvalue weighted by Gasteiger charge is -2.09. The standard InChI is InChI=1S/C24H21N3O7/c1-16(28)34-21-13-10-19(23(27(30)31)24(21)32-2)14-25-26-22(29)15-33-20-11-8-18(9-12-20)17-6-4-3-5-7-17/h3-14H,15H2,1-2H3,(H,26,29)/b25-14+. The predicted octanol–water partition coefficient (Wildman–Crippen LogP) is 3.72. The molecule has 34 heavy (non-hydrogen) atoms. The SMILES string of the molecule is COc1c(OC(C)=O)ccc(/C=N/NC(=O)COc2ccc(-c3ccccc3)cc2)c1[N+](=O)[O-]. The highest BCUT2D eigenvalue weighted by Gasteiger charge is 2.25. The number of nitrogens with one attached hydrogen (secondary N) is 1. The first-order valence-electron chi connectivity index (χ1n) is 10.0. The van der Waals surface area contributed by atoms with Crippen molar-refractivity contribution in [1.29, 1.82) is 0 Å². The molecule has 1 N–H and O–H groups in total. The molecule has 0 aliphatic carbocycles. The average molecular weight is 463 g/mol. The number of hydrogen-bond acceptors (Lipinski definition) is 8. The summed E-state index contributed by atoms with van der Waals surface area (Å²) in [7, 11) is 1.21. The number of nitrogens with zero attached hydrogens (tertiary/aromatic N) is 2. The molecule has 0 aromatic heterocycles.